The van der Waals surface area contributed by atoms with Crippen LogP contribution in [0, 0.1) is 5.41 Å². The number of amides is 2. The fraction of sp³-hybridized carbons (Fsp3) is 0.778. The minimum absolute atomic E-state index is 0.0768. The molecule has 2 aliphatic heterocycles. The van der Waals surface area contributed by atoms with Gasteiger partial charge in [0.2, 0.25) is 11.8 Å². The Balaban J connectivity index is 2.04. The molecule has 0 aromatic heterocycles. The summed E-state index contributed by atoms with van der Waals surface area (Å²) in [6, 6.07) is 0. The zero-order valence-corrected chi connectivity index (χ0v) is 8.04. The van der Waals surface area contributed by atoms with Crippen molar-refractivity contribution in [1.82, 2.24) is 9.80 Å². The van der Waals surface area contributed by atoms with E-state index in [1.165, 1.54) is 0 Å². The van der Waals surface area contributed by atoms with Crippen molar-refractivity contribution >= 4 is 11.8 Å². The van der Waals surface area contributed by atoms with E-state index in [0.29, 0.717) is 13.1 Å². The maximum atomic E-state index is 11.7. The lowest BCUT2D eigenvalue weighted by atomic mass is 9.78. The second-order valence-corrected chi connectivity index (χ2v) is 4.13. The predicted octanol–water partition coefficient (Wildman–Crippen LogP) is -0.303. The largest absolute Gasteiger partial charge is 0.345 e. The van der Waals surface area contributed by atoms with E-state index in [0.717, 1.165) is 13.0 Å². The molecule has 0 aliphatic carbocycles. The van der Waals surface area contributed by atoms with Crippen LogP contribution in [0.3, 0.4) is 0 Å². The minimum atomic E-state index is -0.208. The van der Waals surface area contributed by atoms with Crippen LogP contribution in [0.5, 0.6) is 0 Å². The monoisotopic (exact) mass is 182 g/mol. The summed E-state index contributed by atoms with van der Waals surface area (Å²) in [6.07, 6.45) is 0.909. The Morgan fingerprint density at radius 3 is 2.46 bits per heavy atom. The van der Waals surface area contributed by atoms with Crippen molar-refractivity contribution in [3.05, 3.63) is 0 Å². The fourth-order valence-electron chi connectivity index (χ4n) is 2.20. The Hall–Kier alpha value is -1.06. The molecule has 2 rings (SSSR count). The van der Waals surface area contributed by atoms with E-state index in [1.54, 1.807) is 16.7 Å². The molecule has 0 bridgehead atoms. The number of carbonyl (C=O) groups excluding carboxylic acids is 2. The highest BCUT2D eigenvalue weighted by Gasteiger charge is 2.54. The second kappa shape index (κ2) is 2.47. The van der Waals surface area contributed by atoms with Crippen LogP contribution in [-0.4, -0.2) is 48.3 Å². The minimum Gasteiger partial charge on any atom is -0.345 e. The predicted molar refractivity (Wildman–Crippen MR) is 46.9 cm³/mol. The number of hydrogen-bond acceptors (Lipinski definition) is 2. The van der Waals surface area contributed by atoms with Crippen LogP contribution >= 0.6 is 0 Å². The first-order valence-electron chi connectivity index (χ1n) is 4.56. The molecule has 0 aromatic rings. The molecule has 4 nitrogen and oxygen atoms in total. The van der Waals surface area contributed by atoms with Gasteiger partial charge < -0.3 is 9.80 Å². The first-order valence-corrected chi connectivity index (χ1v) is 4.56. The van der Waals surface area contributed by atoms with Gasteiger partial charge in [-0.05, 0) is 6.42 Å². The summed E-state index contributed by atoms with van der Waals surface area (Å²) in [5.41, 5.74) is -0.208. The van der Waals surface area contributed by atoms with Crippen LogP contribution in [0.15, 0.2) is 0 Å². The Bertz CT molecular complexity index is 269. The number of likely N-dealkylation sites (tertiary alicyclic amines) is 2. The lowest BCUT2D eigenvalue weighted by Crippen LogP contribution is -2.60. The topological polar surface area (TPSA) is 40.6 Å². The van der Waals surface area contributed by atoms with Gasteiger partial charge in [-0.25, -0.2) is 0 Å². The molecule has 2 heterocycles. The number of rotatable bonds is 0. The van der Waals surface area contributed by atoms with Gasteiger partial charge in [-0.2, -0.15) is 0 Å². The number of hydrogen-bond donors (Lipinski definition) is 0. The molecule has 0 radical (unpaired) electrons. The first kappa shape index (κ1) is 8.53. The van der Waals surface area contributed by atoms with Gasteiger partial charge in [0.05, 0.1) is 5.41 Å². The number of carbonyl (C=O) groups is 2. The van der Waals surface area contributed by atoms with E-state index >= 15 is 0 Å². The van der Waals surface area contributed by atoms with E-state index in [1.807, 2.05) is 7.05 Å². The fourth-order valence-corrected chi connectivity index (χ4v) is 2.20. The summed E-state index contributed by atoms with van der Waals surface area (Å²) in [7, 11) is 1.83. The van der Waals surface area contributed by atoms with Crippen molar-refractivity contribution in [3.8, 4) is 0 Å². The SMILES string of the molecule is CC(=O)N1CC2(CCN(C)C2=O)C1. The third-order valence-electron chi connectivity index (χ3n) is 3.16. The van der Waals surface area contributed by atoms with Gasteiger partial charge in [-0.3, -0.25) is 9.59 Å². The molecule has 2 amide bonds. The molecular weight excluding hydrogens is 168 g/mol. The van der Waals surface area contributed by atoms with Crippen molar-refractivity contribution in [2.75, 3.05) is 26.7 Å². The molecule has 2 aliphatic rings. The summed E-state index contributed by atoms with van der Waals surface area (Å²) < 4.78 is 0. The Morgan fingerprint density at radius 1 is 1.46 bits per heavy atom. The van der Waals surface area contributed by atoms with Crippen LogP contribution < -0.4 is 0 Å². The third kappa shape index (κ3) is 1.04. The Labute approximate surface area is 77.5 Å². The van der Waals surface area contributed by atoms with Gasteiger partial charge in [0.15, 0.2) is 0 Å². The molecule has 72 valence electrons. The summed E-state index contributed by atoms with van der Waals surface area (Å²) >= 11 is 0. The lowest BCUT2D eigenvalue weighted by molar-refractivity contribution is -0.152. The Morgan fingerprint density at radius 2 is 2.08 bits per heavy atom. The van der Waals surface area contributed by atoms with Crippen LogP contribution in [0.25, 0.3) is 0 Å². The maximum absolute atomic E-state index is 11.7. The molecule has 0 atom stereocenters. The molecule has 2 fully saturated rings. The molecule has 0 saturated carbocycles. The lowest BCUT2D eigenvalue weighted by Gasteiger charge is -2.45. The molecular formula is C9H14N2O2. The highest BCUT2D eigenvalue weighted by Crippen LogP contribution is 2.39. The quantitative estimate of drug-likeness (QED) is 0.516. The summed E-state index contributed by atoms with van der Waals surface area (Å²) in [5.74, 6) is 0.290. The molecule has 1 spiro atoms. The van der Waals surface area contributed by atoms with Gasteiger partial charge in [0, 0.05) is 33.6 Å². The zero-order chi connectivity index (χ0) is 9.64. The van der Waals surface area contributed by atoms with Crippen LogP contribution in [-0.2, 0) is 9.59 Å². The summed E-state index contributed by atoms with van der Waals surface area (Å²) in [5, 5.41) is 0. The highest BCUT2D eigenvalue weighted by molar-refractivity contribution is 5.88. The molecule has 4 heteroatoms. The van der Waals surface area contributed by atoms with Crippen LogP contribution in [0.4, 0.5) is 0 Å². The summed E-state index contributed by atoms with van der Waals surface area (Å²) in [6.45, 7) is 3.65. The zero-order valence-electron chi connectivity index (χ0n) is 8.04. The smallest absolute Gasteiger partial charge is 0.232 e. The Kier molecular flexibility index (Phi) is 1.62. The first-order chi connectivity index (χ1) is 6.05. The van der Waals surface area contributed by atoms with E-state index in [4.69, 9.17) is 0 Å². The molecule has 0 N–H and O–H groups in total. The van der Waals surface area contributed by atoms with E-state index in [9.17, 15) is 9.59 Å². The van der Waals surface area contributed by atoms with Crippen molar-refractivity contribution < 1.29 is 9.59 Å². The number of nitrogens with zero attached hydrogens (tertiary/aromatic N) is 2. The molecule has 0 unspecified atom stereocenters. The molecule has 0 aromatic carbocycles. The maximum Gasteiger partial charge on any atom is 0.232 e. The van der Waals surface area contributed by atoms with Gasteiger partial charge in [0.1, 0.15) is 0 Å². The molecule has 13 heavy (non-hydrogen) atoms. The highest BCUT2D eigenvalue weighted by atomic mass is 16.2. The van der Waals surface area contributed by atoms with Crippen LogP contribution in [0.2, 0.25) is 0 Å². The van der Waals surface area contributed by atoms with Crippen molar-refractivity contribution in [2.45, 2.75) is 13.3 Å². The van der Waals surface area contributed by atoms with Crippen molar-refractivity contribution in [1.29, 1.82) is 0 Å². The van der Waals surface area contributed by atoms with E-state index < -0.39 is 0 Å². The normalized spacial score (nSPS) is 25.2. The molecule has 2 saturated heterocycles. The van der Waals surface area contributed by atoms with Crippen LogP contribution in [0.1, 0.15) is 13.3 Å². The van der Waals surface area contributed by atoms with Gasteiger partial charge >= 0.3 is 0 Å². The van der Waals surface area contributed by atoms with Gasteiger partial charge in [0.25, 0.3) is 0 Å². The van der Waals surface area contributed by atoms with Gasteiger partial charge in [-0.1, -0.05) is 0 Å². The van der Waals surface area contributed by atoms with Crippen molar-refractivity contribution in [2.24, 2.45) is 5.41 Å². The average Bonchev–Trinajstić information content (AvgIpc) is 2.26. The third-order valence-corrected chi connectivity index (χ3v) is 3.16. The second-order valence-electron chi connectivity index (χ2n) is 4.13. The summed E-state index contributed by atoms with van der Waals surface area (Å²) in [4.78, 5) is 26.1. The standard InChI is InChI=1S/C9H14N2O2/c1-7(12)11-5-9(6-11)3-4-10(2)8(9)13/h3-6H2,1-2H3. The van der Waals surface area contributed by atoms with E-state index in [-0.39, 0.29) is 17.2 Å². The van der Waals surface area contributed by atoms with Crippen molar-refractivity contribution in [3.63, 3.8) is 0 Å². The average molecular weight is 182 g/mol. The van der Waals surface area contributed by atoms with E-state index in [2.05, 4.69) is 0 Å². The van der Waals surface area contributed by atoms with Gasteiger partial charge in [-0.15, -0.1) is 0 Å².